The van der Waals surface area contributed by atoms with E-state index < -0.39 is 5.41 Å². The number of rotatable bonds is 4. The summed E-state index contributed by atoms with van der Waals surface area (Å²) in [6.07, 6.45) is 6.65. The number of thiophene rings is 1. The summed E-state index contributed by atoms with van der Waals surface area (Å²) in [4.78, 5) is 11.1. The van der Waals surface area contributed by atoms with E-state index in [1.807, 2.05) is 0 Å². The molecule has 4 heteroatoms. The van der Waals surface area contributed by atoms with E-state index in [1.54, 1.807) is 11.3 Å². The Morgan fingerprint density at radius 2 is 1.18 bits per heavy atom. The van der Waals surface area contributed by atoms with Crippen LogP contribution in [0.5, 0.6) is 5.75 Å². The average molecular weight is 797 g/mol. The van der Waals surface area contributed by atoms with Crippen molar-refractivity contribution in [3.05, 3.63) is 222 Å². The van der Waals surface area contributed by atoms with Crippen molar-refractivity contribution in [3.63, 3.8) is 0 Å². The zero-order valence-electron chi connectivity index (χ0n) is 33.1. The van der Waals surface area contributed by atoms with Gasteiger partial charge in [0.05, 0.1) is 21.3 Å². The highest BCUT2D eigenvalue weighted by molar-refractivity contribution is 7.26. The van der Waals surface area contributed by atoms with Gasteiger partial charge >= 0.3 is 0 Å². The van der Waals surface area contributed by atoms with Crippen molar-refractivity contribution >= 4 is 42.4 Å². The Hall–Kier alpha value is -7.40. The van der Waals surface area contributed by atoms with Crippen molar-refractivity contribution in [3.8, 4) is 61.8 Å². The summed E-state index contributed by atoms with van der Waals surface area (Å²) >= 11 is 1.78. The highest BCUT2D eigenvalue weighted by atomic mass is 32.1. The third-order valence-corrected chi connectivity index (χ3v) is 14.1. The maximum Gasteiger partial charge on any atom is 0.160 e. The maximum atomic E-state index is 6.77. The van der Waals surface area contributed by atoms with Crippen LogP contribution in [-0.4, -0.2) is 9.97 Å². The lowest BCUT2D eigenvalue weighted by Gasteiger charge is -2.42. The second kappa shape index (κ2) is 13.3. The summed E-state index contributed by atoms with van der Waals surface area (Å²) in [5, 5.41) is 3.65. The Kier molecular flexibility index (Phi) is 7.52. The van der Waals surface area contributed by atoms with Gasteiger partial charge in [0, 0.05) is 32.3 Å². The summed E-state index contributed by atoms with van der Waals surface area (Å²) in [7, 11) is 0. The average Bonchev–Trinajstić information content (AvgIpc) is 3.85. The van der Waals surface area contributed by atoms with Gasteiger partial charge in [0.15, 0.2) is 5.82 Å². The molecule has 3 heterocycles. The molecule has 0 saturated carbocycles. The maximum absolute atomic E-state index is 6.77. The van der Waals surface area contributed by atoms with Crippen LogP contribution in [0.3, 0.4) is 0 Å². The van der Waals surface area contributed by atoms with Crippen molar-refractivity contribution in [2.75, 3.05) is 0 Å². The molecule has 0 N–H and O–H groups in total. The largest absolute Gasteiger partial charge is 0.457 e. The number of para-hydroxylation sites is 1. The van der Waals surface area contributed by atoms with Crippen LogP contribution in [0.15, 0.2) is 205 Å². The predicted octanol–water partition coefficient (Wildman–Crippen LogP) is 15.0. The van der Waals surface area contributed by atoms with Gasteiger partial charge in [0.2, 0.25) is 0 Å². The summed E-state index contributed by atoms with van der Waals surface area (Å²) < 4.78 is 9.06. The van der Waals surface area contributed by atoms with Crippen LogP contribution in [0, 0.1) is 0 Å². The Labute approximate surface area is 357 Å². The zero-order chi connectivity index (χ0) is 40.1. The smallest absolute Gasteiger partial charge is 0.160 e. The molecule has 10 aromatic rings. The van der Waals surface area contributed by atoms with Gasteiger partial charge in [-0.1, -0.05) is 152 Å². The molecule has 61 heavy (non-hydrogen) atoms. The summed E-state index contributed by atoms with van der Waals surface area (Å²) in [6, 6.07) is 65.9. The lowest BCUT2D eigenvalue weighted by molar-refractivity contribution is 0.383. The van der Waals surface area contributed by atoms with Gasteiger partial charge in [-0.25, -0.2) is 9.97 Å². The molecule has 0 bridgehead atoms. The van der Waals surface area contributed by atoms with E-state index in [9.17, 15) is 0 Å². The lowest BCUT2D eigenvalue weighted by Crippen LogP contribution is -2.36. The van der Waals surface area contributed by atoms with E-state index in [2.05, 4.69) is 194 Å². The molecule has 0 fully saturated rings. The summed E-state index contributed by atoms with van der Waals surface area (Å²) in [6.45, 7) is 0. The molecule has 2 aromatic heterocycles. The van der Waals surface area contributed by atoms with Gasteiger partial charge in [-0.05, 0) is 111 Å². The van der Waals surface area contributed by atoms with E-state index in [4.69, 9.17) is 14.7 Å². The Bertz CT molecular complexity index is 3450. The minimum atomic E-state index is -0.574. The van der Waals surface area contributed by atoms with Gasteiger partial charge in [0.25, 0.3) is 0 Å². The van der Waals surface area contributed by atoms with Crippen LogP contribution < -0.4 is 4.74 Å². The quantitative estimate of drug-likeness (QED) is 0.178. The van der Waals surface area contributed by atoms with Crippen molar-refractivity contribution in [1.82, 2.24) is 9.97 Å². The molecule has 0 amide bonds. The van der Waals surface area contributed by atoms with Gasteiger partial charge in [-0.15, -0.1) is 11.3 Å². The number of nitrogens with zero attached hydrogens (tertiary/aromatic N) is 2. The minimum absolute atomic E-state index is 0.574. The molecule has 2 aliphatic carbocycles. The standard InChI is InChI=1S/C57H36N2OS/c1-3-15-35(16-4-1)39-31-40(36-17-5-2-6-18-36)33-41(32-39)56-58-53(55-54(59-56)44-21-9-14-26-51(44)61-55)38-27-29-43-48(34-38)57(47-30-28-37-19-7-8-20-42(37)52(43)47)45-22-10-12-24-49(45)60-50-25-13-11-23-46(50)57/h1-10,12,14-34H,11,13H2/t57-/m0/s1. The van der Waals surface area contributed by atoms with Crippen molar-refractivity contribution < 1.29 is 4.74 Å². The normalized spacial score (nSPS) is 16.1. The van der Waals surface area contributed by atoms with Gasteiger partial charge < -0.3 is 4.74 Å². The van der Waals surface area contributed by atoms with Crippen LogP contribution in [-0.2, 0) is 5.41 Å². The number of fused-ring (bicyclic) bond motifs is 14. The van der Waals surface area contributed by atoms with Crippen LogP contribution in [0.1, 0.15) is 29.5 Å². The monoisotopic (exact) mass is 796 g/mol. The molecule has 1 atom stereocenters. The van der Waals surface area contributed by atoms with Gasteiger partial charge in [0.1, 0.15) is 11.5 Å². The number of allylic oxidation sites excluding steroid dienone is 3. The highest BCUT2D eigenvalue weighted by Crippen LogP contribution is 2.63. The Morgan fingerprint density at radius 3 is 2.00 bits per heavy atom. The first-order chi connectivity index (χ1) is 30.2. The molecule has 0 unspecified atom stereocenters. The fourth-order valence-electron chi connectivity index (χ4n) is 10.3. The van der Waals surface area contributed by atoms with Crippen molar-refractivity contribution in [2.24, 2.45) is 0 Å². The first-order valence-corrected chi connectivity index (χ1v) is 21.9. The second-order valence-electron chi connectivity index (χ2n) is 16.3. The van der Waals surface area contributed by atoms with Gasteiger partial charge in [-0.2, -0.15) is 0 Å². The molecule has 3 aliphatic rings. The molecule has 286 valence electrons. The third kappa shape index (κ3) is 5.09. The topological polar surface area (TPSA) is 35.0 Å². The summed E-state index contributed by atoms with van der Waals surface area (Å²) in [5.41, 5.74) is 15.5. The first kappa shape index (κ1) is 34.5. The van der Waals surface area contributed by atoms with E-state index in [0.29, 0.717) is 5.82 Å². The van der Waals surface area contributed by atoms with Gasteiger partial charge in [-0.3, -0.25) is 0 Å². The fraction of sp³-hybridized carbons (Fsp3) is 0.0526. The highest BCUT2D eigenvalue weighted by Gasteiger charge is 2.53. The molecular formula is C57H36N2OS. The molecule has 3 nitrogen and oxygen atoms in total. The molecule has 8 aromatic carbocycles. The molecule has 1 aliphatic heterocycles. The molecule has 0 radical (unpaired) electrons. The van der Waals surface area contributed by atoms with Crippen molar-refractivity contribution in [1.29, 1.82) is 0 Å². The summed E-state index contributed by atoms with van der Waals surface area (Å²) in [5.74, 6) is 2.59. The zero-order valence-corrected chi connectivity index (χ0v) is 33.9. The van der Waals surface area contributed by atoms with Crippen molar-refractivity contribution in [2.45, 2.75) is 18.3 Å². The van der Waals surface area contributed by atoms with E-state index in [0.717, 1.165) is 79.0 Å². The lowest BCUT2D eigenvalue weighted by atomic mass is 9.64. The molecule has 0 saturated heterocycles. The first-order valence-electron chi connectivity index (χ1n) is 21.0. The number of ether oxygens (including phenoxy) is 1. The van der Waals surface area contributed by atoms with Crippen LogP contribution in [0.2, 0.25) is 0 Å². The Morgan fingerprint density at radius 1 is 0.492 bits per heavy atom. The minimum Gasteiger partial charge on any atom is -0.457 e. The van der Waals surface area contributed by atoms with E-state index in [-0.39, 0.29) is 0 Å². The molecular weight excluding hydrogens is 761 g/mol. The van der Waals surface area contributed by atoms with Crippen LogP contribution in [0.25, 0.3) is 87.1 Å². The third-order valence-electron chi connectivity index (χ3n) is 12.9. The number of benzene rings is 8. The van der Waals surface area contributed by atoms with E-state index >= 15 is 0 Å². The van der Waals surface area contributed by atoms with Crippen LogP contribution >= 0.6 is 11.3 Å². The fourth-order valence-corrected chi connectivity index (χ4v) is 11.5. The SMILES string of the molecule is C1=C2Oc3ccccc3[C@@]3(C2=CCC1)c1cc(-c2nc(-c4cc(-c5ccccc5)cc(-c5ccccc5)c4)nc4c2sc2ccccc24)ccc1-c1c3ccc2ccccc12. The van der Waals surface area contributed by atoms with Crippen LogP contribution in [0.4, 0.5) is 0 Å². The van der Waals surface area contributed by atoms with E-state index in [1.165, 1.54) is 48.9 Å². The second-order valence-corrected chi connectivity index (χ2v) is 17.3. The Balaban J connectivity index is 1.11. The number of hydrogen-bond acceptors (Lipinski definition) is 4. The predicted molar refractivity (Wildman–Crippen MR) is 252 cm³/mol. The molecule has 13 rings (SSSR count). The number of hydrogen-bond donors (Lipinski definition) is 0. The number of aromatic nitrogens is 2. The molecule has 1 spiro atoms.